The summed E-state index contributed by atoms with van der Waals surface area (Å²) in [5.41, 5.74) is 2.39. The van der Waals surface area contributed by atoms with Crippen LogP contribution in [0.1, 0.15) is 45.1 Å². The normalized spacial score (nSPS) is 20.5. The van der Waals surface area contributed by atoms with Crippen molar-refractivity contribution in [3.63, 3.8) is 0 Å². The number of nitrogens with zero attached hydrogens (tertiary/aromatic N) is 2. The summed E-state index contributed by atoms with van der Waals surface area (Å²) in [6, 6.07) is 8.50. The molecule has 5 heteroatoms. The van der Waals surface area contributed by atoms with Crippen molar-refractivity contribution in [3.05, 3.63) is 29.8 Å². The molecule has 5 nitrogen and oxygen atoms in total. The zero-order valence-corrected chi connectivity index (χ0v) is 16.0. The van der Waals surface area contributed by atoms with E-state index >= 15 is 0 Å². The molecule has 2 aliphatic rings. The lowest BCUT2D eigenvalue weighted by atomic mass is 9.96. The van der Waals surface area contributed by atoms with Crippen LogP contribution in [-0.2, 0) is 16.1 Å². The van der Waals surface area contributed by atoms with Gasteiger partial charge in [-0.1, -0.05) is 26.0 Å². The molecule has 0 bridgehead atoms. The number of carbonyl (C=O) groups is 2. The van der Waals surface area contributed by atoms with Crippen molar-refractivity contribution in [1.82, 2.24) is 10.2 Å². The molecule has 1 aromatic carbocycles. The zero-order chi connectivity index (χ0) is 18.5. The lowest BCUT2D eigenvalue weighted by Crippen LogP contribution is -2.46. The Morgan fingerprint density at radius 1 is 1.08 bits per heavy atom. The number of benzene rings is 1. The van der Waals surface area contributed by atoms with Crippen molar-refractivity contribution in [2.24, 2.45) is 11.8 Å². The van der Waals surface area contributed by atoms with Gasteiger partial charge in [-0.3, -0.25) is 9.59 Å². The van der Waals surface area contributed by atoms with Crippen LogP contribution in [0.15, 0.2) is 24.3 Å². The molecule has 1 atom stereocenters. The molecule has 2 aliphatic heterocycles. The fourth-order valence-corrected chi connectivity index (χ4v) is 3.89. The number of anilines is 1. The van der Waals surface area contributed by atoms with Crippen LogP contribution in [-0.4, -0.2) is 42.9 Å². The molecule has 2 heterocycles. The molecule has 1 aromatic rings. The van der Waals surface area contributed by atoms with E-state index in [-0.39, 0.29) is 23.7 Å². The second-order valence-corrected chi connectivity index (χ2v) is 7.86. The van der Waals surface area contributed by atoms with Crippen molar-refractivity contribution in [3.8, 4) is 0 Å². The van der Waals surface area contributed by atoms with E-state index in [1.54, 1.807) is 0 Å². The van der Waals surface area contributed by atoms with Gasteiger partial charge in [-0.05, 0) is 43.4 Å². The number of amides is 2. The molecule has 1 unspecified atom stereocenters. The van der Waals surface area contributed by atoms with Gasteiger partial charge in [-0.15, -0.1) is 0 Å². The van der Waals surface area contributed by atoms with E-state index in [2.05, 4.69) is 34.5 Å². The summed E-state index contributed by atoms with van der Waals surface area (Å²) in [6.07, 6.45) is 4.31. The van der Waals surface area contributed by atoms with Gasteiger partial charge in [0.2, 0.25) is 11.8 Å². The van der Waals surface area contributed by atoms with Crippen LogP contribution in [0.3, 0.4) is 0 Å². The molecule has 3 rings (SSSR count). The SMILES string of the molecule is CC(C)C(=O)N1CCCC(C(=O)NCc2ccc(N3CCCC3)cc2)C1. The molecular formula is C21H31N3O2. The van der Waals surface area contributed by atoms with Gasteiger partial charge in [0.05, 0.1) is 5.92 Å². The number of hydrogen-bond donors (Lipinski definition) is 1. The van der Waals surface area contributed by atoms with E-state index in [0.29, 0.717) is 13.1 Å². The van der Waals surface area contributed by atoms with Gasteiger partial charge >= 0.3 is 0 Å². The Morgan fingerprint density at radius 3 is 2.42 bits per heavy atom. The van der Waals surface area contributed by atoms with Gasteiger partial charge in [-0.2, -0.15) is 0 Å². The third kappa shape index (κ3) is 4.57. The highest BCUT2D eigenvalue weighted by atomic mass is 16.2. The van der Waals surface area contributed by atoms with Gasteiger partial charge in [-0.25, -0.2) is 0 Å². The van der Waals surface area contributed by atoms with E-state index in [4.69, 9.17) is 0 Å². The van der Waals surface area contributed by atoms with Crippen LogP contribution in [0.2, 0.25) is 0 Å². The third-order valence-electron chi connectivity index (χ3n) is 5.47. The van der Waals surface area contributed by atoms with E-state index < -0.39 is 0 Å². The summed E-state index contributed by atoms with van der Waals surface area (Å²) in [6.45, 7) is 7.99. The Morgan fingerprint density at radius 2 is 1.77 bits per heavy atom. The number of piperidine rings is 1. The van der Waals surface area contributed by atoms with Gasteiger partial charge in [0.1, 0.15) is 0 Å². The molecular weight excluding hydrogens is 326 g/mol. The van der Waals surface area contributed by atoms with Crippen LogP contribution < -0.4 is 10.2 Å². The first-order chi connectivity index (χ1) is 12.5. The standard InChI is InChI=1S/C21H31N3O2/c1-16(2)21(26)24-13-5-6-18(15-24)20(25)22-14-17-7-9-19(10-8-17)23-11-3-4-12-23/h7-10,16,18H,3-6,11-15H2,1-2H3,(H,22,25). The maximum atomic E-state index is 12.5. The molecule has 2 saturated heterocycles. The van der Waals surface area contributed by atoms with Crippen molar-refractivity contribution < 1.29 is 9.59 Å². The molecule has 2 fully saturated rings. The third-order valence-corrected chi connectivity index (χ3v) is 5.47. The van der Waals surface area contributed by atoms with Crippen LogP contribution in [0.4, 0.5) is 5.69 Å². The summed E-state index contributed by atoms with van der Waals surface area (Å²) in [4.78, 5) is 29.0. The van der Waals surface area contributed by atoms with Gasteiger partial charge in [0.25, 0.3) is 0 Å². The molecule has 0 aromatic heterocycles. The molecule has 0 spiro atoms. The molecule has 0 radical (unpaired) electrons. The maximum absolute atomic E-state index is 12.5. The Labute approximate surface area is 156 Å². The van der Waals surface area contributed by atoms with Crippen LogP contribution in [0, 0.1) is 11.8 Å². The second-order valence-electron chi connectivity index (χ2n) is 7.86. The van der Waals surface area contributed by atoms with Gasteiger partial charge in [0, 0.05) is 44.3 Å². The van der Waals surface area contributed by atoms with E-state index in [1.807, 2.05) is 18.7 Å². The minimum atomic E-state index is -0.0877. The molecule has 2 amide bonds. The maximum Gasteiger partial charge on any atom is 0.225 e. The predicted molar refractivity (Wildman–Crippen MR) is 104 cm³/mol. The highest BCUT2D eigenvalue weighted by Gasteiger charge is 2.29. The lowest BCUT2D eigenvalue weighted by Gasteiger charge is -2.33. The summed E-state index contributed by atoms with van der Waals surface area (Å²) in [5.74, 6) is 0.121. The van der Waals surface area contributed by atoms with Crippen molar-refractivity contribution in [2.45, 2.75) is 46.1 Å². The summed E-state index contributed by atoms with van der Waals surface area (Å²) in [5, 5.41) is 3.06. The highest BCUT2D eigenvalue weighted by Crippen LogP contribution is 2.21. The van der Waals surface area contributed by atoms with Crippen LogP contribution >= 0.6 is 0 Å². The Bertz CT molecular complexity index is 621. The van der Waals surface area contributed by atoms with Crippen molar-refractivity contribution in [2.75, 3.05) is 31.1 Å². The number of likely N-dealkylation sites (tertiary alicyclic amines) is 1. The number of nitrogens with one attached hydrogen (secondary N) is 1. The first-order valence-corrected chi connectivity index (χ1v) is 9.95. The number of carbonyl (C=O) groups excluding carboxylic acids is 2. The van der Waals surface area contributed by atoms with Crippen molar-refractivity contribution in [1.29, 1.82) is 0 Å². The zero-order valence-electron chi connectivity index (χ0n) is 16.0. The fraction of sp³-hybridized carbons (Fsp3) is 0.619. The summed E-state index contributed by atoms with van der Waals surface area (Å²) < 4.78 is 0. The minimum absolute atomic E-state index is 0.00840. The van der Waals surface area contributed by atoms with Gasteiger partial charge < -0.3 is 15.1 Å². The molecule has 1 N–H and O–H groups in total. The first kappa shape index (κ1) is 18.7. The summed E-state index contributed by atoms with van der Waals surface area (Å²) >= 11 is 0. The fourth-order valence-electron chi connectivity index (χ4n) is 3.89. The number of rotatable bonds is 5. The molecule has 0 saturated carbocycles. The lowest BCUT2D eigenvalue weighted by molar-refractivity contribution is -0.138. The second kappa shape index (κ2) is 8.56. The van der Waals surface area contributed by atoms with Gasteiger partial charge in [0.15, 0.2) is 0 Å². The smallest absolute Gasteiger partial charge is 0.225 e. The van der Waals surface area contributed by atoms with E-state index in [9.17, 15) is 9.59 Å². The first-order valence-electron chi connectivity index (χ1n) is 9.95. The Kier molecular flexibility index (Phi) is 6.17. The van der Waals surface area contributed by atoms with Crippen LogP contribution in [0.5, 0.6) is 0 Å². The van der Waals surface area contributed by atoms with Crippen LogP contribution in [0.25, 0.3) is 0 Å². The topological polar surface area (TPSA) is 52.7 Å². The quantitative estimate of drug-likeness (QED) is 0.882. The monoisotopic (exact) mass is 357 g/mol. The van der Waals surface area contributed by atoms with E-state index in [0.717, 1.165) is 38.0 Å². The van der Waals surface area contributed by atoms with E-state index in [1.165, 1.54) is 18.5 Å². The minimum Gasteiger partial charge on any atom is -0.372 e. The Hall–Kier alpha value is -2.04. The molecule has 26 heavy (non-hydrogen) atoms. The average Bonchev–Trinajstić information content (AvgIpc) is 3.20. The predicted octanol–water partition coefficient (Wildman–Crippen LogP) is 2.80. The molecule has 142 valence electrons. The Balaban J connectivity index is 1.49. The van der Waals surface area contributed by atoms with Crippen molar-refractivity contribution >= 4 is 17.5 Å². The number of hydrogen-bond acceptors (Lipinski definition) is 3. The summed E-state index contributed by atoms with van der Waals surface area (Å²) in [7, 11) is 0. The largest absolute Gasteiger partial charge is 0.372 e. The molecule has 0 aliphatic carbocycles. The highest BCUT2D eigenvalue weighted by molar-refractivity contribution is 5.82. The average molecular weight is 357 g/mol.